The molecule has 0 aliphatic rings. The van der Waals surface area contributed by atoms with Gasteiger partial charge in [0, 0.05) is 18.7 Å². The molecule has 23 heavy (non-hydrogen) atoms. The van der Waals surface area contributed by atoms with E-state index in [1.165, 1.54) is 11.8 Å². The molecule has 122 valence electrons. The summed E-state index contributed by atoms with van der Waals surface area (Å²) in [5.41, 5.74) is 0.998. The lowest BCUT2D eigenvalue weighted by Crippen LogP contribution is -2.28. The van der Waals surface area contributed by atoms with Crippen molar-refractivity contribution in [2.45, 2.75) is 25.5 Å². The van der Waals surface area contributed by atoms with Gasteiger partial charge < -0.3 is 5.32 Å². The van der Waals surface area contributed by atoms with Crippen molar-refractivity contribution in [3.63, 3.8) is 0 Å². The second-order valence-electron chi connectivity index (χ2n) is 5.56. The average Bonchev–Trinajstić information content (AvgIpc) is 2.95. The third-order valence-electron chi connectivity index (χ3n) is 3.10. The minimum atomic E-state index is 0.0121. The van der Waals surface area contributed by atoms with Crippen LogP contribution in [0, 0.1) is 5.92 Å². The van der Waals surface area contributed by atoms with Gasteiger partial charge in [0.05, 0.1) is 5.75 Å². The Bertz CT molecular complexity index is 652. The molecule has 6 heteroatoms. The molecule has 0 saturated heterocycles. The summed E-state index contributed by atoms with van der Waals surface area (Å²) in [6.45, 7) is 9.22. The molecule has 0 aliphatic heterocycles. The number of aromatic nitrogens is 3. The summed E-state index contributed by atoms with van der Waals surface area (Å²) in [7, 11) is 0. The van der Waals surface area contributed by atoms with E-state index in [-0.39, 0.29) is 5.91 Å². The molecule has 1 heterocycles. The van der Waals surface area contributed by atoms with E-state index in [2.05, 4.69) is 35.9 Å². The first-order chi connectivity index (χ1) is 11.1. The van der Waals surface area contributed by atoms with Crippen molar-refractivity contribution in [3.8, 4) is 11.4 Å². The summed E-state index contributed by atoms with van der Waals surface area (Å²) in [6.07, 6.45) is 1.80. The first-order valence-corrected chi connectivity index (χ1v) is 8.59. The molecule has 0 saturated carbocycles. The summed E-state index contributed by atoms with van der Waals surface area (Å²) >= 11 is 1.39. The lowest BCUT2D eigenvalue weighted by Gasteiger charge is -2.09. The van der Waals surface area contributed by atoms with Gasteiger partial charge in [-0.15, -0.1) is 16.8 Å². The van der Waals surface area contributed by atoms with Gasteiger partial charge in [0.1, 0.15) is 0 Å². The van der Waals surface area contributed by atoms with Gasteiger partial charge in [-0.05, 0) is 5.92 Å². The number of carbonyl (C=O) groups excluding carboxylic acids is 1. The van der Waals surface area contributed by atoms with Crippen LogP contribution >= 0.6 is 11.8 Å². The normalized spacial score (nSPS) is 10.7. The Balaban J connectivity index is 2.09. The minimum Gasteiger partial charge on any atom is -0.355 e. The van der Waals surface area contributed by atoms with E-state index in [1.54, 1.807) is 6.08 Å². The van der Waals surface area contributed by atoms with E-state index in [1.807, 2.05) is 34.9 Å². The number of amides is 1. The standard InChI is InChI=1S/C17H22N4OS/c1-4-10-21-16(14-8-6-5-7-9-14)19-20-17(21)23-12-15(22)18-11-13(2)3/h4-9,13H,1,10-12H2,2-3H3,(H,18,22). The number of hydrogen-bond donors (Lipinski definition) is 1. The van der Waals surface area contributed by atoms with E-state index < -0.39 is 0 Å². The number of nitrogens with one attached hydrogen (secondary N) is 1. The fraction of sp³-hybridized carbons (Fsp3) is 0.353. The number of carbonyl (C=O) groups is 1. The van der Waals surface area contributed by atoms with Gasteiger partial charge in [0.15, 0.2) is 11.0 Å². The number of rotatable bonds is 8. The fourth-order valence-electron chi connectivity index (χ4n) is 1.99. The predicted octanol–water partition coefficient (Wildman–Crippen LogP) is 3.00. The maximum absolute atomic E-state index is 11.9. The molecule has 0 aliphatic carbocycles. The van der Waals surface area contributed by atoms with Crippen LogP contribution in [-0.2, 0) is 11.3 Å². The Kier molecular flexibility index (Phi) is 6.40. The van der Waals surface area contributed by atoms with Crippen LogP contribution in [0.4, 0.5) is 0 Å². The van der Waals surface area contributed by atoms with Crippen molar-refractivity contribution in [1.82, 2.24) is 20.1 Å². The van der Waals surface area contributed by atoms with Gasteiger partial charge in [-0.25, -0.2) is 0 Å². The highest BCUT2D eigenvalue weighted by molar-refractivity contribution is 7.99. The lowest BCUT2D eigenvalue weighted by molar-refractivity contribution is -0.118. The second-order valence-corrected chi connectivity index (χ2v) is 6.50. The van der Waals surface area contributed by atoms with Gasteiger partial charge >= 0.3 is 0 Å². The maximum Gasteiger partial charge on any atom is 0.230 e. The van der Waals surface area contributed by atoms with Crippen LogP contribution in [-0.4, -0.2) is 33.0 Å². The molecule has 0 unspecified atom stereocenters. The van der Waals surface area contributed by atoms with E-state index in [0.717, 1.165) is 16.5 Å². The van der Waals surface area contributed by atoms with E-state index in [9.17, 15) is 4.79 Å². The molecule has 1 amide bonds. The molecule has 0 atom stereocenters. The van der Waals surface area contributed by atoms with Gasteiger partial charge in [0.25, 0.3) is 0 Å². The Hall–Kier alpha value is -2.08. The smallest absolute Gasteiger partial charge is 0.230 e. The number of hydrogen-bond acceptors (Lipinski definition) is 4. The number of thioether (sulfide) groups is 1. The maximum atomic E-state index is 11.9. The molecule has 2 rings (SSSR count). The van der Waals surface area contributed by atoms with Gasteiger partial charge in [-0.3, -0.25) is 9.36 Å². The Morgan fingerprint density at radius 1 is 1.35 bits per heavy atom. The zero-order valence-corrected chi connectivity index (χ0v) is 14.3. The highest BCUT2D eigenvalue weighted by atomic mass is 32.2. The molecule has 0 fully saturated rings. The van der Waals surface area contributed by atoms with Crippen LogP contribution in [0.5, 0.6) is 0 Å². The Labute approximate surface area is 141 Å². The average molecular weight is 330 g/mol. The monoisotopic (exact) mass is 330 g/mol. The van der Waals surface area contributed by atoms with Crippen LogP contribution in [0.15, 0.2) is 48.1 Å². The number of allylic oxidation sites excluding steroid dienone is 1. The van der Waals surface area contributed by atoms with Crippen molar-refractivity contribution in [2.75, 3.05) is 12.3 Å². The van der Waals surface area contributed by atoms with Crippen LogP contribution in [0.2, 0.25) is 0 Å². The molecule has 1 N–H and O–H groups in total. The topological polar surface area (TPSA) is 59.8 Å². The van der Waals surface area contributed by atoms with Crippen molar-refractivity contribution in [3.05, 3.63) is 43.0 Å². The molecule has 2 aromatic rings. The molecular formula is C17H22N4OS. The van der Waals surface area contributed by atoms with Gasteiger partial charge in [-0.1, -0.05) is 62.0 Å². The quantitative estimate of drug-likeness (QED) is 0.597. The summed E-state index contributed by atoms with van der Waals surface area (Å²) in [5, 5.41) is 12.1. The van der Waals surface area contributed by atoms with Gasteiger partial charge in [0.2, 0.25) is 5.91 Å². The SMILES string of the molecule is C=CCn1c(SCC(=O)NCC(C)C)nnc1-c1ccccc1. The van der Waals surface area contributed by atoms with Crippen molar-refractivity contribution in [1.29, 1.82) is 0 Å². The lowest BCUT2D eigenvalue weighted by atomic mass is 10.2. The van der Waals surface area contributed by atoms with Crippen molar-refractivity contribution >= 4 is 17.7 Å². The van der Waals surface area contributed by atoms with Crippen LogP contribution in [0.3, 0.4) is 0 Å². The zero-order chi connectivity index (χ0) is 16.7. The summed E-state index contributed by atoms with van der Waals surface area (Å²) in [4.78, 5) is 11.9. The summed E-state index contributed by atoms with van der Waals surface area (Å²) in [6, 6.07) is 9.89. The highest BCUT2D eigenvalue weighted by Gasteiger charge is 2.14. The zero-order valence-electron chi connectivity index (χ0n) is 13.5. The molecular weight excluding hydrogens is 308 g/mol. The second kappa shape index (κ2) is 8.53. The fourth-order valence-corrected chi connectivity index (χ4v) is 2.77. The summed E-state index contributed by atoms with van der Waals surface area (Å²) in [5.74, 6) is 1.57. The third kappa shape index (κ3) is 4.96. The Morgan fingerprint density at radius 2 is 2.09 bits per heavy atom. The third-order valence-corrected chi connectivity index (χ3v) is 4.07. The Morgan fingerprint density at radius 3 is 2.74 bits per heavy atom. The molecule has 1 aromatic carbocycles. The molecule has 1 aromatic heterocycles. The van der Waals surface area contributed by atoms with Crippen LogP contribution in [0.1, 0.15) is 13.8 Å². The largest absolute Gasteiger partial charge is 0.355 e. The van der Waals surface area contributed by atoms with Crippen LogP contribution in [0.25, 0.3) is 11.4 Å². The summed E-state index contributed by atoms with van der Waals surface area (Å²) < 4.78 is 1.97. The van der Waals surface area contributed by atoms with E-state index >= 15 is 0 Å². The van der Waals surface area contributed by atoms with Crippen molar-refractivity contribution < 1.29 is 4.79 Å². The molecule has 0 bridgehead atoms. The number of nitrogens with zero attached hydrogens (tertiary/aromatic N) is 3. The van der Waals surface area contributed by atoms with E-state index in [4.69, 9.17) is 0 Å². The van der Waals surface area contributed by atoms with Gasteiger partial charge in [-0.2, -0.15) is 0 Å². The molecule has 0 spiro atoms. The molecule has 5 nitrogen and oxygen atoms in total. The highest BCUT2D eigenvalue weighted by Crippen LogP contribution is 2.23. The minimum absolute atomic E-state index is 0.0121. The number of benzene rings is 1. The predicted molar refractivity (Wildman–Crippen MR) is 94.2 cm³/mol. The van der Waals surface area contributed by atoms with E-state index in [0.29, 0.717) is 24.8 Å². The first kappa shape index (κ1) is 17.3. The first-order valence-electron chi connectivity index (χ1n) is 7.60. The van der Waals surface area contributed by atoms with Crippen LogP contribution < -0.4 is 5.32 Å². The van der Waals surface area contributed by atoms with Crippen molar-refractivity contribution in [2.24, 2.45) is 5.92 Å². The molecule has 0 radical (unpaired) electrons.